The third-order valence-corrected chi connectivity index (χ3v) is 8.54. The van der Waals surface area contributed by atoms with Crippen LogP contribution in [-0.4, -0.2) is 60.5 Å². The van der Waals surface area contributed by atoms with E-state index in [1.54, 1.807) is 17.2 Å². The second kappa shape index (κ2) is 9.22. The number of anilines is 1. The van der Waals surface area contributed by atoms with Crippen molar-refractivity contribution in [3.05, 3.63) is 41.4 Å². The number of benzene rings is 1. The molecule has 3 heterocycles. The summed E-state index contributed by atoms with van der Waals surface area (Å²) in [6.07, 6.45) is -1.62. The Bertz CT molecular complexity index is 1300. The van der Waals surface area contributed by atoms with Gasteiger partial charge >= 0.3 is 215 Å². The van der Waals surface area contributed by atoms with Crippen molar-refractivity contribution in [3.63, 3.8) is 0 Å². The average Bonchev–Trinajstić information content (AvgIpc) is 3.48. The number of carbonyl (C=O) groups is 1. The number of hydrogen-bond acceptors (Lipinski definition) is 8. The van der Waals surface area contributed by atoms with Crippen molar-refractivity contribution in [3.8, 4) is 17.1 Å². The van der Waals surface area contributed by atoms with Crippen LogP contribution in [0.4, 0.5) is 23.8 Å². The van der Waals surface area contributed by atoms with Crippen LogP contribution in [0.1, 0.15) is 37.3 Å². The molecule has 1 aliphatic carbocycles. The van der Waals surface area contributed by atoms with Crippen LogP contribution in [0.2, 0.25) is 5.02 Å². The molecular weight excluding hydrogens is 566 g/mol. The fourth-order valence-electron chi connectivity index (χ4n) is 4.03. The molecule has 36 heavy (non-hydrogen) atoms. The number of nitrogens with zero attached hydrogens (tertiary/aromatic N) is 5. The quantitative estimate of drug-likeness (QED) is 0.379. The number of halogens is 4. The van der Waals surface area contributed by atoms with E-state index in [0.29, 0.717) is 23.0 Å². The Labute approximate surface area is 215 Å². The van der Waals surface area contributed by atoms with E-state index < -0.39 is 39.5 Å². The van der Waals surface area contributed by atoms with Gasteiger partial charge in [0.2, 0.25) is 0 Å². The molecule has 1 aliphatic heterocycles. The fraction of sp³-hybridized carbons (Fsp3) is 0.409. The van der Waals surface area contributed by atoms with Crippen molar-refractivity contribution >= 4 is 43.9 Å². The third-order valence-electron chi connectivity index (χ3n) is 6.02. The molecule has 9 nitrogen and oxygen atoms in total. The molecule has 2 atom stereocenters. The number of amides is 1. The molecular formula is C22H19AsClF3N5O4. The Morgan fingerprint density at radius 3 is 2.78 bits per heavy atom. The minimum absolute atomic E-state index is 0.0939. The van der Waals surface area contributed by atoms with Gasteiger partial charge in [-0.15, -0.1) is 0 Å². The van der Waals surface area contributed by atoms with Gasteiger partial charge in [-0.3, -0.25) is 0 Å². The van der Waals surface area contributed by atoms with Gasteiger partial charge in [0, 0.05) is 0 Å². The number of aromatic nitrogens is 4. The van der Waals surface area contributed by atoms with Gasteiger partial charge in [0.15, 0.2) is 0 Å². The summed E-state index contributed by atoms with van der Waals surface area (Å²) in [4.78, 5) is 27.4. The normalized spacial score (nSPS) is 21.3. The topological polar surface area (TPSA) is 103 Å². The van der Waals surface area contributed by atoms with Crippen LogP contribution in [0.5, 0.6) is 5.75 Å². The van der Waals surface area contributed by atoms with E-state index in [2.05, 4.69) is 24.8 Å². The number of hydrogen-bond donors (Lipinski definition) is 0. The molecule has 1 radical (unpaired) electrons. The molecule has 1 saturated carbocycles. The van der Waals surface area contributed by atoms with Gasteiger partial charge in [-0.25, -0.2) is 0 Å². The molecule has 2 aliphatic rings. The molecule has 1 amide bonds. The van der Waals surface area contributed by atoms with E-state index in [0.717, 1.165) is 18.9 Å². The first-order valence-electron chi connectivity index (χ1n) is 10.9. The van der Waals surface area contributed by atoms with E-state index in [1.165, 1.54) is 12.1 Å². The van der Waals surface area contributed by atoms with Crippen molar-refractivity contribution in [2.24, 2.45) is 5.92 Å². The zero-order valence-corrected chi connectivity index (χ0v) is 21.6. The first-order chi connectivity index (χ1) is 17.0. The van der Waals surface area contributed by atoms with Crippen LogP contribution in [0.25, 0.3) is 11.4 Å². The molecule has 2 fully saturated rings. The molecule has 0 N–H and O–H groups in total. The van der Waals surface area contributed by atoms with Crippen LogP contribution in [0.15, 0.2) is 35.0 Å². The van der Waals surface area contributed by atoms with Crippen molar-refractivity contribution in [1.82, 2.24) is 20.1 Å². The van der Waals surface area contributed by atoms with Crippen LogP contribution >= 0.6 is 11.6 Å². The average molecular weight is 585 g/mol. The second-order valence-electron chi connectivity index (χ2n) is 8.69. The van der Waals surface area contributed by atoms with Crippen molar-refractivity contribution in [2.45, 2.75) is 43.3 Å². The monoisotopic (exact) mass is 584 g/mol. The van der Waals surface area contributed by atoms with Gasteiger partial charge in [-0.1, -0.05) is 0 Å². The molecule has 1 aromatic carbocycles. The van der Waals surface area contributed by atoms with E-state index in [1.807, 2.05) is 13.8 Å². The van der Waals surface area contributed by atoms with Crippen molar-refractivity contribution < 1.29 is 32.0 Å². The van der Waals surface area contributed by atoms with E-state index in [-0.39, 0.29) is 27.0 Å². The van der Waals surface area contributed by atoms with Crippen molar-refractivity contribution in [2.75, 3.05) is 11.5 Å². The summed E-state index contributed by atoms with van der Waals surface area (Å²) in [5.41, 5.74) is -0.179. The summed E-state index contributed by atoms with van der Waals surface area (Å²) in [6.45, 7) is 4.20. The van der Waals surface area contributed by atoms with E-state index >= 15 is 0 Å². The molecule has 1 saturated heterocycles. The zero-order valence-electron chi connectivity index (χ0n) is 19.0. The Balaban J connectivity index is 1.33. The molecule has 0 spiro atoms. The van der Waals surface area contributed by atoms with Gasteiger partial charge in [-0.2, -0.15) is 0 Å². The number of alkyl halides is 3. The van der Waals surface area contributed by atoms with Crippen LogP contribution < -0.4 is 14.2 Å². The molecule has 0 bridgehead atoms. The fourth-order valence-corrected chi connectivity index (χ4v) is 5.98. The van der Waals surface area contributed by atoms with Crippen LogP contribution in [-0.2, 0) is 4.74 Å². The third kappa shape index (κ3) is 5.01. The number of rotatable bonds is 7. The summed E-state index contributed by atoms with van der Waals surface area (Å²) in [6, 6.07) is 5.52. The van der Waals surface area contributed by atoms with Crippen LogP contribution in [0.3, 0.4) is 0 Å². The van der Waals surface area contributed by atoms with Gasteiger partial charge < -0.3 is 0 Å². The molecule has 3 aromatic rings. The number of carbonyl (C=O) groups excluding carboxylic acids is 1. The predicted octanol–water partition coefficient (Wildman–Crippen LogP) is 4.29. The number of ether oxygens (including phenoxy) is 2. The van der Waals surface area contributed by atoms with Crippen LogP contribution in [0, 0.1) is 5.92 Å². The summed E-state index contributed by atoms with van der Waals surface area (Å²) >= 11 is 5.11. The standard InChI is InChI=1S/C22H19AsClF3N5O4/c1-11(18-30-17(31-36-18)12-3-6-14(24)15(9-12)35-22(25,26)27)23-19-28-8-7-16(29-19)32-20(33)34-10-21(32,2)13-4-5-13/h3,6-9,11,13H,4-5,10H2,1-2H3/t11-,21+/m0/s1. The number of cyclic esters (lactones) is 1. The Kier molecular flexibility index (Phi) is 6.36. The van der Waals surface area contributed by atoms with Gasteiger partial charge in [-0.05, 0) is 0 Å². The summed E-state index contributed by atoms with van der Waals surface area (Å²) in [7, 11) is 0. The Morgan fingerprint density at radius 1 is 1.28 bits per heavy atom. The molecule has 2 aromatic heterocycles. The van der Waals surface area contributed by atoms with E-state index in [9.17, 15) is 18.0 Å². The van der Waals surface area contributed by atoms with E-state index in [4.69, 9.17) is 20.9 Å². The second-order valence-corrected chi connectivity index (χ2v) is 12.1. The molecule has 189 valence electrons. The Hall–Kier alpha value is -2.85. The van der Waals surface area contributed by atoms with Gasteiger partial charge in [0.05, 0.1) is 0 Å². The molecule has 5 rings (SSSR count). The minimum atomic E-state index is -4.89. The van der Waals surface area contributed by atoms with Crippen molar-refractivity contribution in [1.29, 1.82) is 0 Å². The predicted molar refractivity (Wildman–Crippen MR) is 122 cm³/mol. The maximum atomic E-state index is 12.6. The van der Waals surface area contributed by atoms with Gasteiger partial charge in [0.1, 0.15) is 0 Å². The van der Waals surface area contributed by atoms with Gasteiger partial charge in [0.25, 0.3) is 0 Å². The maximum absolute atomic E-state index is 12.6. The summed E-state index contributed by atoms with van der Waals surface area (Å²) < 4.78 is 52.9. The summed E-state index contributed by atoms with van der Waals surface area (Å²) in [5, 5.41) is 3.69. The Morgan fingerprint density at radius 2 is 2.06 bits per heavy atom. The first-order valence-corrected chi connectivity index (χ1v) is 13.3. The zero-order chi connectivity index (χ0) is 25.7. The molecule has 0 unspecified atom stereocenters. The first kappa shape index (κ1) is 24.8. The summed E-state index contributed by atoms with van der Waals surface area (Å²) in [5.74, 6) is 0.689. The molecule has 14 heteroatoms. The SMILES string of the molecule is C[C@H]([As]c1nccc(N2C(=O)OC[C@]2(C)C2CC2)n1)c1nc(-c2ccc(Cl)c(OC(F)(F)F)c2)no1.